The Labute approximate surface area is 128 Å². The molecule has 0 bridgehead atoms. The van der Waals surface area contributed by atoms with Crippen LogP contribution in [-0.4, -0.2) is 28.7 Å². The molecule has 0 saturated carbocycles. The van der Waals surface area contributed by atoms with E-state index in [1.807, 2.05) is 24.3 Å². The average Bonchev–Trinajstić information content (AvgIpc) is 2.74. The van der Waals surface area contributed by atoms with Crippen molar-refractivity contribution in [3.8, 4) is 5.75 Å². The molecule has 1 aliphatic rings. The molecule has 6 heteroatoms. The van der Waals surface area contributed by atoms with Gasteiger partial charge in [0.1, 0.15) is 18.2 Å². The van der Waals surface area contributed by atoms with Crippen LogP contribution < -0.4 is 15.1 Å². The third-order valence-electron chi connectivity index (χ3n) is 3.73. The summed E-state index contributed by atoms with van der Waals surface area (Å²) in [5.41, 5.74) is 2.97. The van der Waals surface area contributed by atoms with Crippen LogP contribution in [0.5, 0.6) is 5.75 Å². The van der Waals surface area contributed by atoms with Gasteiger partial charge >= 0.3 is 0 Å². The molecule has 1 unspecified atom stereocenters. The zero-order valence-corrected chi connectivity index (χ0v) is 12.2. The fraction of sp³-hybridized carbons (Fsp3) is 0.250. The number of nitrogens with one attached hydrogen (secondary N) is 1. The normalized spacial score (nSPS) is 17.2. The Balaban J connectivity index is 1.93. The van der Waals surface area contributed by atoms with Gasteiger partial charge in [0.2, 0.25) is 0 Å². The van der Waals surface area contributed by atoms with E-state index in [-0.39, 0.29) is 6.04 Å². The first-order valence-corrected chi connectivity index (χ1v) is 7.07. The SMILES string of the molecule is CC1COc2cc(C(=O)NO)ccc2CN1c1ccccn1. The molecule has 1 aliphatic heterocycles. The number of hydrogen-bond acceptors (Lipinski definition) is 5. The largest absolute Gasteiger partial charge is 0.491 e. The maximum Gasteiger partial charge on any atom is 0.274 e. The molecule has 2 aromatic rings. The molecular formula is C16H17N3O3. The Morgan fingerprint density at radius 1 is 1.41 bits per heavy atom. The van der Waals surface area contributed by atoms with E-state index < -0.39 is 5.91 Å². The Morgan fingerprint density at radius 3 is 3.00 bits per heavy atom. The predicted molar refractivity (Wildman–Crippen MR) is 81.1 cm³/mol. The zero-order valence-electron chi connectivity index (χ0n) is 12.2. The number of hydrogen-bond donors (Lipinski definition) is 2. The lowest BCUT2D eigenvalue weighted by molar-refractivity contribution is 0.0706. The highest BCUT2D eigenvalue weighted by molar-refractivity contribution is 5.93. The summed E-state index contributed by atoms with van der Waals surface area (Å²) in [6.07, 6.45) is 1.77. The highest BCUT2D eigenvalue weighted by Crippen LogP contribution is 2.28. The highest BCUT2D eigenvalue weighted by atomic mass is 16.5. The highest BCUT2D eigenvalue weighted by Gasteiger charge is 2.23. The topological polar surface area (TPSA) is 74.7 Å². The van der Waals surface area contributed by atoms with E-state index in [0.29, 0.717) is 24.5 Å². The summed E-state index contributed by atoms with van der Waals surface area (Å²) in [6.45, 7) is 3.21. The molecule has 1 aromatic heterocycles. The van der Waals surface area contributed by atoms with Crippen LogP contribution in [-0.2, 0) is 6.54 Å². The van der Waals surface area contributed by atoms with Gasteiger partial charge in [0.05, 0.1) is 6.04 Å². The monoisotopic (exact) mass is 299 g/mol. The van der Waals surface area contributed by atoms with Crippen molar-refractivity contribution < 1.29 is 14.7 Å². The van der Waals surface area contributed by atoms with Gasteiger partial charge in [0, 0.05) is 23.9 Å². The number of rotatable bonds is 2. The van der Waals surface area contributed by atoms with Crippen molar-refractivity contribution in [3.05, 3.63) is 53.7 Å². The van der Waals surface area contributed by atoms with Crippen LogP contribution in [0.3, 0.4) is 0 Å². The lowest BCUT2D eigenvalue weighted by Gasteiger charge is -2.27. The molecule has 0 fully saturated rings. The minimum Gasteiger partial charge on any atom is -0.491 e. The van der Waals surface area contributed by atoms with Crippen molar-refractivity contribution in [2.45, 2.75) is 19.5 Å². The second-order valence-corrected chi connectivity index (χ2v) is 5.24. The van der Waals surface area contributed by atoms with Crippen LogP contribution in [0.2, 0.25) is 0 Å². The molecule has 6 nitrogen and oxygen atoms in total. The van der Waals surface area contributed by atoms with Crippen molar-refractivity contribution in [2.24, 2.45) is 0 Å². The van der Waals surface area contributed by atoms with Crippen LogP contribution >= 0.6 is 0 Å². The molecule has 2 N–H and O–H groups in total. The molecule has 3 rings (SSSR count). The standard InChI is InChI=1S/C16H17N3O3/c1-11-10-22-14-8-12(16(20)18-21)5-6-13(14)9-19(11)15-4-2-3-7-17-15/h2-8,11,21H,9-10H2,1H3,(H,18,20). The lowest BCUT2D eigenvalue weighted by atomic mass is 10.1. The fourth-order valence-corrected chi connectivity index (χ4v) is 2.50. The number of hydroxylamine groups is 1. The minimum atomic E-state index is -0.551. The Kier molecular flexibility index (Phi) is 3.93. The minimum absolute atomic E-state index is 0.150. The Bertz CT molecular complexity index is 676. The van der Waals surface area contributed by atoms with E-state index in [2.05, 4.69) is 16.8 Å². The maximum absolute atomic E-state index is 11.5. The van der Waals surface area contributed by atoms with E-state index in [0.717, 1.165) is 11.4 Å². The number of ether oxygens (including phenoxy) is 1. The van der Waals surface area contributed by atoms with Crippen molar-refractivity contribution in [3.63, 3.8) is 0 Å². The van der Waals surface area contributed by atoms with E-state index in [4.69, 9.17) is 9.94 Å². The van der Waals surface area contributed by atoms with Crippen molar-refractivity contribution in [1.82, 2.24) is 10.5 Å². The van der Waals surface area contributed by atoms with Crippen LogP contribution in [0.25, 0.3) is 0 Å². The van der Waals surface area contributed by atoms with E-state index >= 15 is 0 Å². The molecule has 0 aliphatic carbocycles. The smallest absolute Gasteiger partial charge is 0.274 e. The summed E-state index contributed by atoms with van der Waals surface area (Å²) in [4.78, 5) is 18.1. The molecule has 0 spiro atoms. The van der Waals surface area contributed by atoms with Gasteiger partial charge in [-0.1, -0.05) is 12.1 Å². The first-order valence-electron chi connectivity index (χ1n) is 7.07. The number of benzene rings is 1. The number of fused-ring (bicyclic) bond motifs is 1. The number of anilines is 1. The molecule has 2 heterocycles. The van der Waals surface area contributed by atoms with Gasteiger partial charge < -0.3 is 9.64 Å². The van der Waals surface area contributed by atoms with Gasteiger partial charge in [-0.3, -0.25) is 10.0 Å². The fourth-order valence-electron chi connectivity index (χ4n) is 2.50. The van der Waals surface area contributed by atoms with Gasteiger partial charge in [0.25, 0.3) is 5.91 Å². The predicted octanol–water partition coefficient (Wildman–Crippen LogP) is 1.99. The van der Waals surface area contributed by atoms with E-state index in [1.54, 1.807) is 23.8 Å². The molecule has 22 heavy (non-hydrogen) atoms. The number of carbonyl (C=O) groups excluding carboxylic acids is 1. The maximum atomic E-state index is 11.5. The van der Waals surface area contributed by atoms with E-state index in [1.165, 1.54) is 0 Å². The number of carbonyl (C=O) groups is 1. The number of nitrogens with zero attached hydrogens (tertiary/aromatic N) is 2. The van der Waals surface area contributed by atoms with Crippen LogP contribution in [0.4, 0.5) is 5.82 Å². The molecule has 1 amide bonds. The first kappa shape index (κ1) is 14.3. The van der Waals surface area contributed by atoms with Gasteiger partial charge in [-0.15, -0.1) is 0 Å². The summed E-state index contributed by atoms with van der Waals surface area (Å²) < 4.78 is 5.82. The van der Waals surface area contributed by atoms with Crippen molar-refractivity contribution in [2.75, 3.05) is 11.5 Å². The van der Waals surface area contributed by atoms with Crippen LogP contribution in [0.15, 0.2) is 42.6 Å². The molecule has 114 valence electrons. The van der Waals surface area contributed by atoms with Gasteiger partial charge in [-0.25, -0.2) is 10.5 Å². The summed E-state index contributed by atoms with van der Waals surface area (Å²) in [5.74, 6) is 1.00. The third kappa shape index (κ3) is 2.73. The summed E-state index contributed by atoms with van der Waals surface area (Å²) in [6, 6.07) is 11.1. The quantitative estimate of drug-likeness (QED) is 0.655. The van der Waals surface area contributed by atoms with Gasteiger partial charge in [-0.05, 0) is 31.2 Å². The van der Waals surface area contributed by atoms with Gasteiger partial charge in [0.15, 0.2) is 0 Å². The van der Waals surface area contributed by atoms with Crippen molar-refractivity contribution >= 4 is 11.7 Å². The molecular weight excluding hydrogens is 282 g/mol. The Morgan fingerprint density at radius 2 is 2.27 bits per heavy atom. The Hall–Kier alpha value is -2.60. The van der Waals surface area contributed by atoms with Gasteiger partial charge in [-0.2, -0.15) is 0 Å². The number of pyridine rings is 1. The van der Waals surface area contributed by atoms with E-state index in [9.17, 15) is 4.79 Å². The second kappa shape index (κ2) is 6.03. The van der Waals surface area contributed by atoms with Crippen LogP contribution in [0.1, 0.15) is 22.8 Å². The second-order valence-electron chi connectivity index (χ2n) is 5.24. The summed E-state index contributed by atoms with van der Waals surface area (Å²) >= 11 is 0. The van der Waals surface area contributed by atoms with Crippen LogP contribution in [0, 0.1) is 0 Å². The zero-order chi connectivity index (χ0) is 15.5. The summed E-state index contributed by atoms with van der Waals surface area (Å²) in [7, 11) is 0. The molecule has 0 saturated heterocycles. The molecule has 1 aromatic carbocycles. The molecule has 0 radical (unpaired) electrons. The number of aromatic nitrogens is 1. The summed E-state index contributed by atoms with van der Waals surface area (Å²) in [5, 5.41) is 8.72. The third-order valence-corrected chi connectivity index (χ3v) is 3.73. The average molecular weight is 299 g/mol. The lowest BCUT2D eigenvalue weighted by Crippen LogP contribution is -2.35. The molecule has 1 atom stereocenters. The van der Waals surface area contributed by atoms with Crippen molar-refractivity contribution in [1.29, 1.82) is 0 Å². The first-order chi connectivity index (χ1) is 10.7. The number of amides is 1.